The molecule has 0 aromatic heterocycles. The quantitative estimate of drug-likeness (QED) is 0.937. The van der Waals surface area contributed by atoms with Crippen LogP contribution < -0.4 is 4.72 Å². The first-order valence-electron chi connectivity index (χ1n) is 5.32. The Kier molecular flexibility index (Phi) is 3.59. The second kappa shape index (κ2) is 5.00. The van der Waals surface area contributed by atoms with Gasteiger partial charge in [-0.2, -0.15) is 0 Å². The molecule has 94 valence electrons. The summed E-state index contributed by atoms with van der Waals surface area (Å²) in [5.74, 6) is 0. The van der Waals surface area contributed by atoms with Gasteiger partial charge in [-0.3, -0.25) is 4.72 Å². The van der Waals surface area contributed by atoms with Gasteiger partial charge in [-0.05, 0) is 43.3 Å². The summed E-state index contributed by atoms with van der Waals surface area (Å²) in [7, 11) is -3.54. The van der Waals surface area contributed by atoms with Gasteiger partial charge in [0.05, 0.1) is 4.90 Å². The number of rotatable bonds is 3. The summed E-state index contributed by atoms with van der Waals surface area (Å²) in [6.07, 6.45) is 0. The molecule has 0 aliphatic rings. The van der Waals surface area contributed by atoms with Gasteiger partial charge in [0, 0.05) is 10.7 Å². The fourth-order valence-electron chi connectivity index (χ4n) is 1.45. The molecule has 0 fully saturated rings. The van der Waals surface area contributed by atoms with Crippen molar-refractivity contribution in [2.75, 3.05) is 4.72 Å². The lowest BCUT2D eigenvalue weighted by Crippen LogP contribution is -2.12. The highest BCUT2D eigenvalue weighted by Gasteiger charge is 2.13. The fraction of sp³-hybridized carbons (Fsp3) is 0.0769. The molecule has 0 aliphatic heterocycles. The molecule has 0 saturated heterocycles. The SMILES string of the molecule is Cc1ccc(S(=O)(=O)Nc2ccc(Cl)cc2)cc1. The first-order chi connectivity index (χ1) is 8.47. The molecule has 5 heteroatoms. The zero-order chi connectivity index (χ0) is 13.2. The molecule has 0 heterocycles. The van der Waals surface area contributed by atoms with E-state index < -0.39 is 10.0 Å². The van der Waals surface area contributed by atoms with Crippen molar-refractivity contribution in [2.24, 2.45) is 0 Å². The summed E-state index contributed by atoms with van der Waals surface area (Å²) in [6.45, 7) is 1.91. The van der Waals surface area contributed by atoms with Crippen LogP contribution in [0.5, 0.6) is 0 Å². The van der Waals surface area contributed by atoms with Gasteiger partial charge in [0.1, 0.15) is 0 Å². The highest BCUT2D eigenvalue weighted by Crippen LogP contribution is 2.18. The second-order valence-electron chi connectivity index (χ2n) is 3.93. The molecule has 0 spiro atoms. The van der Waals surface area contributed by atoms with E-state index in [0.717, 1.165) is 5.56 Å². The predicted octanol–water partition coefficient (Wildman–Crippen LogP) is 3.45. The van der Waals surface area contributed by atoms with E-state index in [-0.39, 0.29) is 4.90 Å². The maximum absolute atomic E-state index is 12.1. The number of anilines is 1. The second-order valence-corrected chi connectivity index (χ2v) is 6.04. The van der Waals surface area contributed by atoms with E-state index in [1.165, 1.54) is 0 Å². The predicted molar refractivity (Wildman–Crippen MR) is 73.4 cm³/mol. The largest absolute Gasteiger partial charge is 0.280 e. The minimum atomic E-state index is -3.54. The molecule has 3 nitrogen and oxygen atoms in total. The van der Waals surface area contributed by atoms with E-state index in [2.05, 4.69) is 4.72 Å². The van der Waals surface area contributed by atoms with Gasteiger partial charge in [0.15, 0.2) is 0 Å². The number of nitrogens with one attached hydrogen (secondary N) is 1. The van der Waals surface area contributed by atoms with Gasteiger partial charge in [0.2, 0.25) is 0 Å². The average molecular weight is 282 g/mol. The average Bonchev–Trinajstić information content (AvgIpc) is 2.32. The Morgan fingerprint density at radius 3 is 2.06 bits per heavy atom. The highest BCUT2D eigenvalue weighted by atomic mass is 35.5. The van der Waals surface area contributed by atoms with Gasteiger partial charge in [-0.25, -0.2) is 8.42 Å². The molecule has 2 aromatic carbocycles. The first-order valence-corrected chi connectivity index (χ1v) is 7.18. The van der Waals surface area contributed by atoms with Gasteiger partial charge < -0.3 is 0 Å². The molecule has 0 bridgehead atoms. The monoisotopic (exact) mass is 281 g/mol. The van der Waals surface area contributed by atoms with Crippen LogP contribution in [0.25, 0.3) is 0 Å². The molecule has 2 aromatic rings. The summed E-state index contributed by atoms with van der Waals surface area (Å²) < 4.78 is 26.6. The van der Waals surface area contributed by atoms with Gasteiger partial charge in [0.25, 0.3) is 10.0 Å². The molecule has 0 saturated carbocycles. The van der Waals surface area contributed by atoms with Crippen LogP contribution in [-0.4, -0.2) is 8.42 Å². The first kappa shape index (κ1) is 12.9. The summed E-state index contributed by atoms with van der Waals surface area (Å²) in [4.78, 5) is 0.239. The summed E-state index contributed by atoms with van der Waals surface area (Å²) in [5.41, 5.74) is 1.50. The standard InChI is InChI=1S/C13H12ClNO2S/c1-10-2-8-13(9-3-10)18(16,17)15-12-6-4-11(14)5-7-12/h2-9,15H,1H3. The van der Waals surface area contributed by atoms with Crippen molar-refractivity contribution in [3.63, 3.8) is 0 Å². The fourth-order valence-corrected chi connectivity index (χ4v) is 2.63. The third-order valence-electron chi connectivity index (χ3n) is 2.43. The van der Waals surface area contributed by atoms with Gasteiger partial charge in [-0.15, -0.1) is 0 Å². The molecule has 18 heavy (non-hydrogen) atoms. The van der Waals surface area contributed by atoms with Crippen LogP contribution in [0, 0.1) is 6.92 Å². The van der Waals surface area contributed by atoms with Crippen molar-refractivity contribution in [1.29, 1.82) is 0 Å². The number of hydrogen-bond acceptors (Lipinski definition) is 2. The number of aryl methyl sites for hydroxylation is 1. The number of sulfonamides is 1. The molecule has 0 radical (unpaired) electrons. The Bertz CT molecular complexity index is 634. The molecule has 0 amide bonds. The van der Waals surface area contributed by atoms with E-state index in [1.807, 2.05) is 6.92 Å². The topological polar surface area (TPSA) is 46.2 Å². The molecular formula is C13H12ClNO2S. The van der Waals surface area contributed by atoms with Gasteiger partial charge >= 0.3 is 0 Å². The van der Waals surface area contributed by atoms with E-state index in [0.29, 0.717) is 10.7 Å². The van der Waals surface area contributed by atoms with E-state index in [4.69, 9.17) is 11.6 Å². The van der Waals surface area contributed by atoms with Crippen molar-refractivity contribution in [1.82, 2.24) is 0 Å². The number of halogens is 1. The molecule has 1 N–H and O–H groups in total. The van der Waals surface area contributed by atoms with E-state index in [1.54, 1.807) is 48.5 Å². The Hall–Kier alpha value is -1.52. The van der Waals surface area contributed by atoms with Crippen molar-refractivity contribution in [2.45, 2.75) is 11.8 Å². The van der Waals surface area contributed by atoms with Gasteiger partial charge in [-0.1, -0.05) is 29.3 Å². The summed E-state index contributed by atoms with van der Waals surface area (Å²) in [5, 5.41) is 0.563. The Morgan fingerprint density at radius 1 is 0.944 bits per heavy atom. The third kappa shape index (κ3) is 3.03. The lowest BCUT2D eigenvalue weighted by Gasteiger charge is -2.08. The van der Waals surface area contributed by atoms with Crippen molar-refractivity contribution in [3.05, 3.63) is 59.1 Å². The van der Waals surface area contributed by atoms with E-state index in [9.17, 15) is 8.42 Å². The Labute approximate surface area is 111 Å². The van der Waals surface area contributed by atoms with Crippen LogP contribution in [0.15, 0.2) is 53.4 Å². The Balaban J connectivity index is 2.27. The van der Waals surface area contributed by atoms with Crippen LogP contribution in [-0.2, 0) is 10.0 Å². The minimum absolute atomic E-state index is 0.239. The summed E-state index contributed by atoms with van der Waals surface area (Å²) >= 11 is 5.74. The lowest BCUT2D eigenvalue weighted by molar-refractivity contribution is 0.601. The molecule has 0 atom stereocenters. The minimum Gasteiger partial charge on any atom is -0.280 e. The van der Waals surface area contributed by atoms with E-state index >= 15 is 0 Å². The highest BCUT2D eigenvalue weighted by molar-refractivity contribution is 7.92. The number of benzene rings is 2. The molecule has 0 aliphatic carbocycles. The Morgan fingerprint density at radius 2 is 1.50 bits per heavy atom. The van der Waals surface area contributed by atoms with Crippen molar-refractivity contribution in [3.8, 4) is 0 Å². The van der Waals surface area contributed by atoms with Crippen LogP contribution in [0.4, 0.5) is 5.69 Å². The molecular weight excluding hydrogens is 270 g/mol. The van der Waals surface area contributed by atoms with Crippen LogP contribution in [0.1, 0.15) is 5.56 Å². The zero-order valence-corrected chi connectivity index (χ0v) is 11.3. The van der Waals surface area contributed by atoms with Crippen LogP contribution in [0.2, 0.25) is 5.02 Å². The smallest absolute Gasteiger partial charge is 0.261 e. The van der Waals surface area contributed by atoms with Crippen LogP contribution in [0.3, 0.4) is 0 Å². The zero-order valence-electron chi connectivity index (χ0n) is 9.72. The van der Waals surface area contributed by atoms with Crippen molar-refractivity contribution < 1.29 is 8.42 Å². The lowest BCUT2D eigenvalue weighted by atomic mass is 10.2. The number of hydrogen-bond donors (Lipinski definition) is 1. The van der Waals surface area contributed by atoms with Crippen LogP contribution >= 0.6 is 11.6 Å². The summed E-state index contributed by atoms with van der Waals surface area (Å²) in [6, 6.07) is 13.2. The maximum atomic E-state index is 12.1. The van der Waals surface area contributed by atoms with Crippen molar-refractivity contribution >= 4 is 27.3 Å². The molecule has 0 unspecified atom stereocenters. The third-order valence-corrected chi connectivity index (χ3v) is 4.08. The maximum Gasteiger partial charge on any atom is 0.261 e. The normalized spacial score (nSPS) is 11.2. The molecule has 2 rings (SSSR count).